The lowest BCUT2D eigenvalue weighted by Gasteiger charge is -2.42. The Morgan fingerprint density at radius 2 is 2.00 bits per heavy atom. The number of carbonyl (C=O) groups is 1. The molecule has 30 heavy (non-hydrogen) atoms. The highest BCUT2D eigenvalue weighted by Crippen LogP contribution is 2.32. The lowest BCUT2D eigenvalue weighted by atomic mass is 10.0. The van der Waals surface area contributed by atoms with Gasteiger partial charge in [-0.25, -0.2) is 4.79 Å². The smallest absolute Gasteiger partial charge is 0.475 e. The van der Waals surface area contributed by atoms with Crippen molar-refractivity contribution in [2.24, 2.45) is 0 Å². The number of likely N-dealkylation sites (N-methyl/N-ethyl adjacent to an activating group) is 1. The van der Waals surface area contributed by atoms with Crippen molar-refractivity contribution in [3.05, 3.63) is 11.8 Å². The van der Waals surface area contributed by atoms with Crippen LogP contribution in [0.3, 0.4) is 0 Å². The molecular formula is C22H38N3O4S+. The van der Waals surface area contributed by atoms with Crippen molar-refractivity contribution in [1.29, 1.82) is 0 Å². The molecule has 2 unspecified atom stereocenters. The maximum absolute atomic E-state index is 12.3. The molecule has 0 saturated carbocycles. The number of nitrogens with zero attached hydrogens (tertiary/aromatic N) is 3. The van der Waals surface area contributed by atoms with Crippen LogP contribution in [0.15, 0.2) is 6.08 Å². The van der Waals surface area contributed by atoms with Crippen LogP contribution in [0.4, 0.5) is 4.79 Å². The average Bonchev–Trinajstić information content (AvgIpc) is 3.13. The Morgan fingerprint density at radius 1 is 1.23 bits per heavy atom. The zero-order valence-corrected chi connectivity index (χ0v) is 20.2. The van der Waals surface area contributed by atoms with E-state index in [1.54, 1.807) is 0 Å². The van der Waals surface area contributed by atoms with E-state index in [2.05, 4.69) is 28.8 Å². The van der Waals surface area contributed by atoms with Gasteiger partial charge in [-0.05, 0) is 27.2 Å². The van der Waals surface area contributed by atoms with Crippen LogP contribution in [0, 0.1) is 0 Å². The van der Waals surface area contributed by atoms with Crippen molar-refractivity contribution in [2.45, 2.75) is 85.0 Å². The van der Waals surface area contributed by atoms with Gasteiger partial charge in [0.25, 0.3) is 5.88 Å². The molecule has 8 heteroatoms. The minimum absolute atomic E-state index is 0.284. The average molecular weight is 441 g/mol. The lowest BCUT2D eigenvalue weighted by molar-refractivity contribution is -0.947. The SMILES string of the molecule is CCCCCCOc1nsnc1C1=CCC[N+](C)(C(CC)OC(=O)OC(C)(C)C)C1. The van der Waals surface area contributed by atoms with Crippen LogP contribution in [0.25, 0.3) is 5.57 Å². The van der Waals surface area contributed by atoms with E-state index in [1.807, 2.05) is 27.7 Å². The van der Waals surface area contributed by atoms with Crippen molar-refractivity contribution in [2.75, 3.05) is 26.7 Å². The summed E-state index contributed by atoms with van der Waals surface area (Å²) in [4.78, 5) is 12.3. The number of hydrogen-bond donors (Lipinski definition) is 0. The first-order valence-corrected chi connectivity index (χ1v) is 11.8. The molecule has 1 aliphatic rings. The molecule has 2 rings (SSSR count). The molecule has 0 aliphatic carbocycles. The van der Waals surface area contributed by atoms with Gasteiger partial charge in [0.2, 0.25) is 6.23 Å². The van der Waals surface area contributed by atoms with Gasteiger partial charge in [-0.2, -0.15) is 4.37 Å². The number of rotatable bonds is 10. The monoisotopic (exact) mass is 440 g/mol. The Hall–Kier alpha value is -1.67. The van der Waals surface area contributed by atoms with E-state index in [0.29, 0.717) is 29.9 Å². The summed E-state index contributed by atoms with van der Waals surface area (Å²) >= 11 is 1.18. The van der Waals surface area contributed by atoms with Gasteiger partial charge in [0.15, 0.2) is 0 Å². The third-order valence-electron chi connectivity index (χ3n) is 5.23. The molecule has 1 aromatic heterocycles. The Morgan fingerprint density at radius 3 is 2.67 bits per heavy atom. The summed E-state index contributed by atoms with van der Waals surface area (Å²) in [6.07, 6.45) is 7.53. The van der Waals surface area contributed by atoms with Crippen LogP contribution in [0.2, 0.25) is 0 Å². The quantitative estimate of drug-likeness (QED) is 0.275. The van der Waals surface area contributed by atoms with Gasteiger partial charge in [0.1, 0.15) is 17.8 Å². The summed E-state index contributed by atoms with van der Waals surface area (Å²) in [6.45, 7) is 12.0. The first-order valence-electron chi connectivity index (χ1n) is 11.1. The van der Waals surface area contributed by atoms with Crippen LogP contribution in [0.5, 0.6) is 5.88 Å². The molecule has 0 spiro atoms. The number of carbonyl (C=O) groups excluding carboxylic acids is 1. The van der Waals surface area contributed by atoms with E-state index in [1.165, 1.54) is 31.0 Å². The van der Waals surface area contributed by atoms with E-state index >= 15 is 0 Å². The normalized spacial score (nSPS) is 20.4. The molecule has 2 heterocycles. The van der Waals surface area contributed by atoms with Gasteiger partial charge >= 0.3 is 6.16 Å². The summed E-state index contributed by atoms with van der Waals surface area (Å²) in [5.41, 5.74) is 1.36. The predicted molar refractivity (Wildman–Crippen MR) is 119 cm³/mol. The van der Waals surface area contributed by atoms with Gasteiger partial charge in [-0.15, -0.1) is 4.37 Å². The van der Waals surface area contributed by atoms with Crippen molar-refractivity contribution in [3.8, 4) is 5.88 Å². The van der Waals surface area contributed by atoms with E-state index < -0.39 is 11.8 Å². The zero-order valence-electron chi connectivity index (χ0n) is 19.4. The maximum atomic E-state index is 12.3. The van der Waals surface area contributed by atoms with Crippen LogP contribution in [0.1, 0.15) is 78.8 Å². The fraction of sp³-hybridized carbons (Fsp3) is 0.773. The van der Waals surface area contributed by atoms with Crippen LogP contribution < -0.4 is 4.74 Å². The van der Waals surface area contributed by atoms with E-state index in [4.69, 9.17) is 14.2 Å². The van der Waals surface area contributed by atoms with Gasteiger partial charge in [0, 0.05) is 18.4 Å². The Balaban J connectivity index is 2.04. The largest absolute Gasteiger partial charge is 0.513 e. The van der Waals surface area contributed by atoms with Crippen molar-refractivity contribution >= 4 is 23.5 Å². The molecule has 0 N–H and O–H groups in total. The second-order valence-electron chi connectivity index (χ2n) is 9.15. The number of ether oxygens (including phenoxy) is 3. The van der Waals surface area contributed by atoms with Crippen LogP contribution >= 0.6 is 11.7 Å². The first-order chi connectivity index (χ1) is 14.2. The second kappa shape index (κ2) is 11.1. The Bertz CT molecular complexity index is 713. The maximum Gasteiger partial charge on any atom is 0.513 e. The fourth-order valence-corrected chi connectivity index (χ4v) is 4.22. The molecule has 0 fully saturated rings. The van der Waals surface area contributed by atoms with Gasteiger partial charge in [-0.3, -0.25) is 4.48 Å². The molecule has 0 aromatic carbocycles. The summed E-state index contributed by atoms with van der Waals surface area (Å²) < 4.78 is 26.5. The lowest BCUT2D eigenvalue weighted by Crippen LogP contribution is -2.56. The molecule has 1 aromatic rings. The molecular weight excluding hydrogens is 402 g/mol. The minimum Gasteiger partial charge on any atom is -0.475 e. The molecule has 2 atom stereocenters. The van der Waals surface area contributed by atoms with Crippen molar-refractivity contribution in [1.82, 2.24) is 8.75 Å². The van der Waals surface area contributed by atoms with Gasteiger partial charge < -0.3 is 14.2 Å². The third kappa shape index (κ3) is 7.23. The number of hydrogen-bond acceptors (Lipinski definition) is 7. The minimum atomic E-state index is -0.615. The Labute approximate surface area is 185 Å². The fourth-order valence-electron chi connectivity index (χ4n) is 3.69. The standard InChI is InChI=1S/C22H38N3O4S/c1-7-9-10-11-15-27-20-19(23-30-24-20)17-13-12-14-25(6,16-17)18(8-2)28-21(26)29-22(3,4)5/h13,18H,7-12,14-16H2,1-6H3/q+1. The highest BCUT2D eigenvalue weighted by atomic mass is 32.1. The number of quaternary nitrogens is 1. The molecule has 7 nitrogen and oxygen atoms in total. The zero-order chi connectivity index (χ0) is 22.2. The number of unbranched alkanes of at least 4 members (excludes halogenated alkanes) is 3. The summed E-state index contributed by atoms with van der Waals surface area (Å²) in [5.74, 6) is 0.623. The molecule has 1 aliphatic heterocycles. The molecule has 0 bridgehead atoms. The predicted octanol–water partition coefficient (Wildman–Crippen LogP) is 5.42. The van der Waals surface area contributed by atoms with E-state index in [0.717, 1.165) is 30.7 Å². The Kier molecular flexibility index (Phi) is 9.09. The first kappa shape index (κ1) is 24.6. The topological polar surface area (TPSA) is 70.5 Å². The van der Waals surface area contributed by atoms with Crippen LogP contribution in [-0.2, 0) is 9.47 Å². The van der Waals surface area contributed by atoms with Crippen molar-refractivity contribution < 1.29 is 23.5 Å². The second-order valence-corrected chi connectivity index (χ2v) is 9.68. The summed E-state index contributed by atoms with van der Waals surface area (Å²) in [7, 11) is 2.12. The summed E-state index contributed by atoms with van der Waals surface area (Å²) in [5, 5.41) is 0. The highest BCUT2D eigenvalue weighted by molar-refractivity contribution is 6.99. The van der Waals surface area contributed by atoms with Crippen LogP contribution in [-0.4, -0.2) is 58.0 Å². The molecule has 170 valence electrons. The van der Waals surface area contributed by atoms with Gasteiger partial charge in [-0.1, -0.05) is 39.2 Å². The molecule has 0 radical (unpaired) electrons. The van der Waals surface area contributed by atoms with E-state index in [-0.39, 0.29) is 6.23 Å². The third-order valence-corrected chi connectivity index (χ3v) is 5.74. The summed E-state index contributed by atoms with van der Waals surface area (Å²) in [6, 6.07) is 0. The van der Waals surface area contributed by atoms with Crippen molar-refractivity contribution in [3.63, 3.8) is 0 Å². The van der Waals surface area contributed by atoms with E-state index in [9.17, 15) is 4.79 Å². The highest BCUT2D eigenvalue weighted by Gasteiger charge is 2.39. The van der Waals surface area contributed by atoms with Gasteiger partial charge in [0.05, 0.1) is 31.9 Å². The molecule has 0 amide bonds. The number of aromatic nitrogens is 2. The molecule has 0 saturated heterocycles.